The summed E-state index contributed by atoms with van der Waals surface area (Å²) in [5.41, 5.74) is 2.11. The lowest BCUT2D eigenvalue weighted by Gasteiger charge is -2.20. The third-order valence-corrected chi connectivity index (χ3v) is 3.50. The van der Waals surface area contributed by atoms with Crippen LogP contribution in [-0.2, 0) is 9.47 Å². The molecule has 118 valence electrons. The number of ether oxygens (including phenoxy) is 2. The Morgan fingerprint density at radius 2 is 1.80 bits per heavy atom. The van der Waals surface area contributed by atoms with Gasteiger partial charge < -0.3 is 14.6 Å². The number of hydrogen-bond donors (Lipinski definition) is 1. The van der Waals surface area contributed by atoms with Crippen LogP contribution in [0.4, 0.5) is 0 Å². The van der Waals surface area contributed by atoms with Gasteiger partial charge in [0.05, 0.1) is 12.2 Å². The summed E-state index contributed by atoms with van der Waals surface area (Å²) in [6.45, 7) is 9.15. The zero-order chi connectivity index (χ0) is 15.4. The molecule has 0 aliphatic heterocycles. The molecule has 0 aliphatic rings. The standard InChI is InChI=1S/C17H32O3/c1-6-17(4,18)12-8-11-15(2)9-7-10-16(3)13-20-14-19-5/h10-11,18H,6-9,12-14H2,1-5H3/b15-11+,16-10+. The summed E-state index contributed by atoms with van der Waals surface area (Å²) in [7, 11) is 1.63. The van der Waals surface area contributed by atoms with E-state index in [1.807, 2.05) is 13.8 Å². The summed E-state index contributed by atoms with van der Waals surface area (Å²) in [6, 6.07) is 0. The minimum Gasteiger partial charge on any atom is -0.390 e. The van der Waals surface area contributed by atoms with E-state index in [4.69, 9.17) is 9.47 Å². The van der Waals surface area contributed by atoms with Crippen molar-refractivity contribution in [2.75, 3.05) is 20.5 Å². The quantitative estimate of drug-likeness (QED) is 0.351. The molecule has 0 aromatic rings. The maximum absolute atomic E-state index is 9.92. The largest absolute Gasteiger partial charge is 0.390 e. The summed E-state index contributed by atoms with van der Waals surface area (Å²) in [5.74, 6) is 0. The zero-order valence-corrected chi connectivity index (χ0v) is 13.9. The van der Waals surface area contributed by atoms with Crippen molar-refractivity contribution in [3.05, 3.63) is 23.3 Å². The third kappa shape index (κ3) is 11.2. The lowest BCUT2D eigenvalue weighted by atomic mass is 9.96. The van der Waals surface area contributed by atoms with Crippen molar-refractivity contribution in [1.29, 1.82) is 0 Å². The molecular formula is C17H32O3. The van der Waals surface area contributed by atoms with Crippen LogP contribution in [0.2, 0.25) is 0 Å². The molecule has 0 spiro atoms. The highest BCUT2D eigenvalue weighted by Crippen LogP contribution is 2.17. The fraction of sp³-hybridized carbons (Fsp3) is 0.765. The molecule has 3 nitrogen and oxygen atoms in total. The van der Waals surface area contributed by atoms with Crippen LogP contribution in [0.3, 0.4) is 0 Å². The van der Waals surface area contributed by atoms with Gasteiger partial charge in [-0.3, -0.25) is 0 Å². The van der Waals surface area contributed by atoms with Crippen molar-refractivity contribution in [2.45, 2.75) is 65.4 Å². The van der Waals surface area contributed by atoms with Gasteiger partial charge in [-0.1, -0.05) is 30.2 Å². The third-order valence-electron chi connectivity index (χ3n) is 3.50. The molecule has 0 aromatic carbocycles. The van der Waals surface area contributed by atoms with Crippen molar-refractivity contribution in [3.8, 4) is 0 Å². The molecule has 0 rings (SSSR count). The van der Waals surface area contributed by atoms with E-state index in [0.717, 1.165) is 32.1 Å². The summed E-state index contributed by atoms with van der Waals surface area (Å²) >= 11 is 0. The van der Waals surface area contributed by atoms with Crippen LogP contribution in [0, 0.1) is 0 Å². The number of rotatable bonds is 11. The smallest absolute Gasteiger partial charge is 0.146 e. The molecule has 0 saturated heterocycles. The van der Waals surface area contributed by atoms with Gasteiger partial charge in [0.1, 0.15) is 6.79 Å². The number of methoxy groups -OCH3 is 1. The molecule has 1 N–H and O–H groups in total. The van der Waals surface area contributed by atoms with E-state index in [0.29, 0.717) is 13.4 Å². The van der Waals surface area contributed by atoms with Gasteiger partial charge in [-0.05, 0) is 52.9 Å². The van der Waals surface area contributed by atoms with E-state index in [1.165, 1.54) is 11.1 Å². The maximum atomic E-state index is 9.92. The normalized spacial score (nSPS) is 16.3. The van der Waals surface area contributed by atoms with Crippen molar-refractivity contribution < 1.29 is 14.6 Å². The second-order valence-electron chi connectivity index (χ2n) is 5.78. The van der Waals surface area contributed by atoms with E-state index in [-0.39, 0.29) is 0 Å². The number of allylic oxidation sites excluding steroid dienone is 3. The van der Waals surface area contributed by atoms with Gasteiger partial charge in [-0.2, -0.15) is 0 Å². The van der Waals surface area contributed by atoms with Crippen molar-refractivity contribution in [1.82, 2.24) is 0 Å². The first-order valence-corrected chi connectivity index (χ1v) is 7.51. The molecule has 0 amide bonds. The molecule has 0 heterocycles. The Hall–Kier alpha value is -0.640. The molecule has 0 aromatic heterocycles. The van der Waals surface area contributed by atoms with Crippen molar-refractivity contribution in [3.63, 3.8) is 0 Å². The molecule has 0 fully saturated rings. The fourth-order valence-corrected chi connectivity index (χ4v) is 1.80. The highest BCUT2D eigenvalue weighted by Gasteiger charge is 2.15. The molecule has 1 unspecified atom stereocenters. The topological polar surface area (TPSA) is 38.7 Å². The van der Waals surface area contributed by atoms with Crippen molar-refractivity contribution >= 4 is 0 Å². The lowest BCUT2D eigenvalue weighted by molar-refractivity contribution is -0.0211. The van der Waals surface area contributed by atoms with Crippen LogP contribution < -0.4 is 0 Å². The minimum atomic E-state index is -0.522. The van der Waals surface area contributed by atoms with Gasteiger partial charge in [-0.15, -0.1) is 0 Å². The summed E-state index contributed by atoms with van der Waals surface area (Å²) < 4.78 is 10.1. The van der Waals surface area contributed by atoms with E-state index >= 15 is 0 Å². The van der Waals surface area contributed by atoms with Crippen molar-refractivity contribution in [2.24, 2.45) is 0 Å². The van der Waals surface area contributed by atoms with Crippen LogP contribution >= 0.6 is 0 Å². The SMILES string of the molecule is CCC(C)(O)CC/C=C(\C)CC/C=C(\C)COCOC. The summed E-state index contributed by atoms with van der Waals surface area (Å²) in [5, 5.41) is 9.92. The zero-order valence-electron chi connectivity index (χ0n) is 13.9. The Kier molecular flexibility index (Phi) is 10.7. The van der Waals surface area contributed by atoms with E-state index in [2.05, 4.69) is 26.0 Å². The first-order chi connectivity index (χ1) is 9.41. The van der Waals surface area contributed by atoms with Gasteiger partial charge in [0.2, 0.25) is 0 Å². The Morgan fingerprint density at radius 1 is 1.15 bits per heavy atom. The molecular weight excluding hydrogens is 252 g/mol. The second-order valence-corrected chi connectivity index (χ2v) is 5.78. The molecule has 0 radical (unpaired) electrons. The Balaban J connectivity index is 3.86. The molecule has 3 heteroatoms. The van der Waals surface area contributed by atoms with Crippen LogP contribution in [0.15, 0.2) is 23.3 Å². The predicted molar refractivity (Wildman–Crippen MR) is 84.7 cm³/mol. The number of aliphatic hydroxyl groups is 1. The van der Waals surface area contributed by atoms with Crippen LogP contribution in [0.5, 0.6) is 0 Å². The van der Waals surface area contributed by atoms with Crippen LogP contribution in [0.1, 0.15) is 59.8 Å². The lowest BCUT2D eigenvalue weighted by Crippen LogP contribution is -2.21. The Labute approximate surface area is 124 Å². The summed E-state index contributed by atoms with van der Waals surface area (Å²) in [6.07, 6.45) is 9.16. The highest BCUT2D eigenvalue weighted by molar-refractivity contribution is 5.04. The van der Waals surface area contributed by atoms with Gasteiger partial charge in [-0.25, -0.2) is 0 Å². The van der Waals surface area contributed by atoms with E-state index < -0.39 is 5.60 Å². The Morgan fingerprint density at radius 3 is 2.40 bits per heavy atom. The average Bonchev–Trinajstić information content (AvgIpc) is 2.39. The molecule has 0 aliphatic carbocycles. The fourth-order valence-electron chi connectivity index (χ4n) is 1.80. The molecule has 0 saturated carbocycles. The first-order valence-electron chi connectivity index (χ1n) is 7.51. The molecule has 20 heavy (non-hydrogen) atoms. The summed E-state index contributed by atoms with van der Waals surface area (Å²) in [4.78, 5) is 0. The number of hydrogen-bond acceptors (Lipinski definition) is 3. The van der Waals surface area contributed by atoms with Crippen LogP contribution in [-0.4, -0.2) is 31.2 Å². The average molecular weight is 284 g/mol. The van der Waals surface area contributed by atoms with Crippen LogP contribution in [0.25, 0.3) is 0 Å². The van der Waals surface area contributed by atoms with E-state index in [9.17, 15) is 5.11 Å². The van der Waals surface area contributed by atoms with E-state index in [1.54, 1.807) is 7.11 Å². The van der Waals surface area contributed by atoms with Gasteiger partial charge in [0.25, 0.3) is 0 Å². The minimum absolute atomic E-state index is 0.349. The molecule has 1 atom stereocenters. The maximum Gasteiger partial charge on any atom is 0.146 e. The highest BCUT2D eigenvalue weighted by atomic mass is 16.7. The predicted octanol–water partition coefficient (Wildman–Crippen LogP) is 4.22. The monoisotopic (exact) mass is 284 g/mol. The second kappa shape index (κ2) is 11.1. The van der Waals surface area contributed by atoms with Gasteiger partial charge >= 0.3 is 0 Å². The first kappa shape index (κ1) is 19.4. The van der Waals surface area contributed by atoms with Gasteiger partial charge in [0, 0.05) is 7.11 Å². The van der Waals surface area contributed by atoms with Gasteiger partial charge in [0.15, 0.2) is 0 Å². The molecule has 0 bridgehead atoms. The Bertz CT molecular complexity index is 303.